The smallest absolute Gasteiger partial charge is 0.198 e. The van der Waals surface area contributed by atoms with Gasteiger partial charge in [0.2, 0.25) is 0 Å². The van der Waals surface area contributed by atoms with Crippen LogP contribution in [0.3, 0.4) is 0 Å². The molecule has 15 heavy (non-hydrogen) atoms. The molecule has 1 unspecified atom stereocenters. The Balaban J connectivity index is 2.50. The lowest BCUT2D eigenvalue weighted by Gasteiger charge is -2.23. The average Bonchev–Trinajstić information content (AvgIpc) is 2.61. The summed E-state index contributed by atoms with van der Waals surface area (Å²) in [6.07, 6.45) is 2.24. The SMILES string of the molecule is COC(C)(C)CCC(O)c1ccoc1Cl. The van der Waals surface area contributed by atoms with Crippen LogP contribution >= 0.6 is 11.6 Å². The summed E-state index contributed by atoms with van der Waals surface area (Å²) < 4.78 is 10.2. The number of furan rings is 1. The molecule has 0 spiro atoms. The van der Waals surface area contributed by atoms with E-state index in [0.29, 0.717) is 12.0 Å². The van der Waals surface area contributed by atoms with Gasteiger partial charge in [0, 0.05) is 12.7 Å². The number of halogens is 1. The van der Waals surface area contributed by atoms with Crippen molar-refractivity contribution in [2.45, 2.75) is 38.4 Å². The summed E-state index contributed by atoms with van der Waals surface area (Å²) in [5, 5.41) is 10.1. The molecule has 86 valence electrons. The minimum Gasteiger partial charge on any atom is -0.453 e. The number of aliphatic hydroxyl groups is 1. The van der Waals surface area contributed by atoms with Crippen LogP contribution in [0.5, 0.6) is 0 Å². The minimum absolute atomic E-state index is 0.225. The van der Waals surface area contributed by atoms with Gasteiger partial charge in [-0.2, -0.15) is 0 Å². The lowest BCUT2D eigenvalue weighted by atomic mass is 9.98. The zero-order chi connectivity index (χ0) is 11.5. The summed E-state index contributed by atoms with van der Waals surface area (Å²) in [5.41, 5.74) is 0.417. The van der Waals surface area contributed by atoms with E-state index in [1.165, 1.54) is 6.26 Å². The highest BCUT2D eigenvalue weighted by atomic mass is 35.5. The van der Waals surface area contributed by atoms with Crippen molar-refractivity contribution in [3.8, 4) is 0 Å². The van der Waals surface area contributed by atoms with Crippen molar-refractivity contribution in [3.63, 3.8) is 0 Å². The zero-order valence-corrected chi connectivity index (χ0v) is 10.0. The van der Waals surface area contributed by atoms with Gasteiger partial charge in [0.05, 0.1) is 18.0 Å². The molecule has 0 radical (unpaired) electrons. The lowest BCUT2D eigenvalue weighted by Crippen LogP contribution is -2.23. The fraction of sp³-hybridized carbons (Fsp3) is 0.636. The van der Waals surface area contributed by atoms with Crippen molar-refractivity contribution >= 4 is 11.6 Å². The molecule has 0 aliphatic heterocycles. The molecule has 3 nitrogen and oxygen atoms in total. The Hall–Kier alpha value is -0.510. The van der Waals surface area contributed by atoms with Crippen LogP contribution in [-0.4, -0.2) is 17.8 Å². The third kappa shape index (κ3) is 3.52. The summed E-state index contributed by atoms with van der Waals surface area (Å²) in [4.78, 5) is 0. The van der Waals surface area contributed by atoms with E-state index >= 15 is 0 Å². The molecule has 0 fully saturated rings. The fourth-order valence-corrected chi connectivity index (χ4v) is 1.52. The van der Waals surface area contributed by atoms with Crippen LogP contribution < -0.4 is 0 Å². The van der Waals surface area contributed by atoms with E-state index in [1.807, 2.05) is 13.8 Å². The van der Waals surface area contributed by atoms with Crippen LogP contribution in [-0.2, 0) is 4.74 Å². The van der Waals surface area contributed by atoms with Crippen LogP contribution in [0.4, 0.5) is 0 Å². The second-order valence-electron chi connectivity index (χ2n) is 4.17. The molecular weight excluding hydrogens is 216 g/mol. The van der Waals surface area contributed by atoms with Gasteiger partial charge in [0.1, 0.15) is 0 Å². The van der Waals surface area contributed by atoms with Gasteiger partial charge in [0.15, 0.2) is 5.22 Å². The molecule has 1 heterocycles. The molecule has 0 aliphatic carbocycles. The molecule has 0 saturated carbocycles. The van der Waals surface area contributed by atoms with E-state index in [1.54, 1.807) is 13.2 Å². The third-order valence-electron chi connectivity index (χ3n) is 2.58. The molecule has 1 rings (SSSR count). The topological polar surface area (TPSA) is 42.6 Å². The van der Waals surface area contributed by atoms with Gasteiger partial charge in [-0.25, -0.2) is 0 Å². The van der Waals surface area contributed by atoms with Gasteiger partial charge in [0.25, 0.3) is 0 Å². The Morgan fingerprint density at radius 1 is 1.60 bits per heavy atom. The standard InChI is InChI=1S/C11H17ClO3/c1-11(2,14-3)6-4-9(13)8-5-7-15-10(8)12/h5,7,9,13H,4,6H2,1-3H3. The van der Waals surface area contributed by atoms with Crippen LogP contribution in [0.25, 0.3) is 0 Å². The zero-order valence-electron chi connectivity index (χ0n) is 9.29. The van der Waals surface area contributed by atoms with Crippen molar-refractivity contribution in [3.05, 3.63) is 23.1 Å². The molecule has 1 aromatic heterocycles. The average molecular weight is 233 g/mol. The second kappa shape index (κ2) is 5.01. The highest BCUT2D eigenvalue weighted by Crippen LogP contribution is 2.29. The Labute approximate surface area is 95.0 Å². The first-order valence-electron chi connectivity index (χ1n) is 4.92. The van der Waals surface area contributed by atoms with E-state index in [9.17, 15) is 5.11 Å². The maximum atomic E-state index is 9.85. The Kier molecular flexibility index (Phi) is 4.20. The molecule has 0 aliphatic rings. The summed E-state index contributed by atoms with van der Waals surface area (Å²) in [6.45, 7) is 3.97. The van der Waals surface area contributed by atoms with E-state index in [-0.39, 0.29) is 10.8 Å². The Morgan fingerprint density at radius 3 is 2.73 bits per heavy atom. The highest BCUT2D eigenvalue weighted by molar-refractivity contribution is 6.29. The van der Waals surface area contributed by atoms with E-state index in [4.69, 9.17) is 20.8 Å². The monoisotopic (exact) mass is 232 g/mol. The molecule has 4 heteroatoms. The quantitative estimate of drug-likeness (QED) is 0.848. The molecule has 0 saturated heterocycles. The van der Waals surface area contributed by atoms with Crippen molar-refractivity contribution < 1.29 is 14.3 Å². The number of hydrogen-bond donors (Lipinski definition) is 1. The molecule has 1 atom stereocenters. The summed E-state index contributed by atoms with van der Waals surface area (Å²) in [5.74, 6) is 0. The van der Waals surface area contributed by atoms with Gasteiger partial charge >= 0.3 is 0 Å². The summed E-state index contributed by atoms with van der Waals surface area (Å²) in [6, 6.07) is 1.69. The van der Waals surface area contributed by atoms with Crippen LogP contribution in [0.1, 0.15) is 38.4 Å². The largest absolute Gasteiger partial charge is 0.453 e. The molecule has 0 aromatic carbocycles. The maximum Gasteiger partial charge on any atom is 0.198 e. The molecule has 0 amide bonds. The van der Waals surface area contributed by atoms with Gasteiger partial charge in [-0.3, -0.25) is 0 Å². The molecular formula is C11H17ClO3. The van der Waals surface area contributed by atoms with E-state index < -0.39 is 6.10 Å². The van der Waals surface area contributed by atoms with Crippen molar-refractivity contribution in [2.75, 3.05) is 7.11 Å². The van der Waals surface area contributed by atoms with Crippen molar-refractivity contribution in [1.82, 2.24) is 0 Å². The Bertz CT molecular complexity index is 307. The first kappa shape index (κ1) is 12.6. The first-order chi connectivity index (χ1) is 6.96. The number of aliphatic hydroxyl groups excluding tert-OH is 1. The lowest BCUT2D eigenvalue weighted by molar-refractivity contribution is 0.00275. The Morgan fingerprint density at radius 2 is 2.27 bits per heavy atom. The van der Waals surface area contributed by atoms with Crippen molar-refractivity contribution in [1.29, 1.82) is 0 Å². The summed E-state index contributed by atoms with van der Waals surface area (Å²) >= 11 is 5.76. The first-order valence-corrected chi connectivity index (χ1v) is 5.30. The van der Waals surface area contributed by atoms with Crippen molar-refractivity contribution in [2.24, 2.45) is 0 Å². The van der Waals surface area contributed by atoms with Crippen LogP contribution in [0.15, 0.2) is 16.7 Å². The van der Waals surface area contributed by atoms with Gasteiger partial charge in [-0.1, -0.05) is 0 Å². The van der Waals surface area contributed by atoms with Crippen LogP contribution in [0, 0.1) is 0 Å². The van der Waals surface area contributed by atoms with Crippen LogP contribution in [0.2, 0.25) is 5.22 Å². The van der Waals surface area contributed by atoms with E-state index in [2.05, 4.69) is 0 Å². The van der Waals surface area contributed by atoms with E-state index in [0.717, 1.165) is 6.42 Å². The predicted octanol–water partition coefficient (Wildman–Crippen LogP) is 3.17. The summed E-state index contributed by atoms with van der Waals surface area (Å²) in [7, 11) is 1.66. The number of ether oxygens (including phenoxy) is 1. The second-order valence-corrected chi connectivity index (χ2v) is 4.51. The molecule has 1 aromatic rings. The van der Waals surface area contributed by atoms with Gasteiger partial charge < -0.3 is 14.3 Å². The number of rotatable bonds is 5. The number of hydrogen-bond acceptors (Lipinski definition) is 3. The predicted molar refractivity (Wildman–Crippen MR) is 59.0 cm³/mol. The third-order valence-corrected chi connectivity index (χ3v) is 2.88. The molecule has 0 bridgehead atoms. The minimum atomic E-state index is -0.592. The molecule has 1 N–H and O–H groups in total. The number of methoxy groups -OCH3 is 1. The highest BCUT2D eigenvalue weighted by Gasteiger charge is 2.21. The maximum absolute atomic E-state index is 9.85. The van der Waals surface area contributed by atoms with Gasteiger partial charge in [-0.05, 0) is 44.4 Å². The fourth-order valence-electron chi connectivity index (χ4n) is 1.28. The van der Waals surface area contributed by atoms with Gasteiger partial charge in [-0.15, -0.1) is 0 Å². The normalized spacial score (nSPS) is 14.2.